The van der Waals surface area contributed by atoms with E-state index in [0.29, 0.717) is 16.9 Å². The van der Waals surface area contributed by atoms with Crippen LogP contribution in [-0.2, 0) is 15.8 Å². The van der Waals surface area contributed by atoms with Crippen LogP contribution in [0.5, 0.6) is 0 Å². The molecule has 6 nitrogen and oxygen atoms in total. The highest BCUT2D eigenvalue weighted by molar-refractivity contribution is 14.1. The molecule has 1 aliphatic rings. The number of benzene rings is 2. The Morgan fingerprint density at radius 1 is 1.03 bits per heavy atom. The monoisotopic (exact) mass is 556 g/mol. The van der Waals surface area contributed by atoms with Gasteiger partial charge < -0.3 is 0 Å². The lowest BCUT2D eigenvalue weighted by molar-refractivity contribution is -0.137. The van der Waals surface area contributed by atoms with E-state index in [2.05, 4.69) is 37.8 Å². The van der Waals surface area contributed by atoms with E-state index in [1.807, 2.05) is 0 Å². The van der Waals surface area contributed by atoms with Gasteiger partial charge in [-0.15, -0.1) is 5.10 Å². The van der Waals surface area contributed by atoms with E-state index in [1.165, 1.54) is 18.3 Å². The first-order valence-corrected chi connectivity index (χ1v) is 10.8. The van der Waals surface area contributed by atoms with Crippen molar-refractivity contribution in [1.29, 1.82) is 0 Å². The number of hydrogen-bond acceptors (Lipinski definition) is 6. The number of halogens is 4. The number of hydrogen-bond donors (Lipinski definition) is 0. The normalized spacial score (nSPS) is 16.8. The van der Waals surface area contributed by atoms with Gasteiger partial charge in [-0.05, 0) is 59.0 Å². The molecule has 11 heteroatoms. The summed E-state index contributed by atoms with van der Waals surface area (Å²) in [6, 6.07) is 11.5. The summed E-state index contributed by atoms with van der Waals surface area (Å²) in [6.45, 7) is 0. The number of alkyl halides is 3. The quantitative estimate of drug-likeness (QED) is 0.346. The molecule has 1 saturated heterocycles. The van der Waals surface area contributed by atoms with E-state index in [9.17, 15) is 22.8 Å². The second kappa shape index (κ2) is 8.54. The van der Waals surface area contributed by atoms with Gasteiger partial charge in [-0.1, -0.05) is 23.9 Å². The maximum Gasteiger partial charge on any atom is 0.416 e. The Morgan fingerprint density at radius 3 is 2.35 bits per heavy atom. The van der Waals surface area contributed by atoms with Crippen molar-refractivity contribution in [2.75, 3.05) is 4.90 Å². The van der Waals surface area contributed by atoms with Crippen LogP contribution < -0.4 is 4.90 Å². The fourth-order valence-corrected chi connectivity index (χ4v) is 4.28. The van der Waals surface area contributed by atoms with Gasteiger partial charge in [0, 0.05) is 15.6 Å². The highest BCUT2D eigenvalue weighted by Gasteiger charge is 2.40. The molecule has 2 heterocycles. The Hall–Kier alpha value is -2.54. The largest absolute Gasteiger partial charge is 0.416 e. The van der Waals surface area contributed by atoms with Gasteiger partial charge in [0.25, 0.3) is 0 Å². The molecule has 0 bridgehead atoms. The molecule has 2 aromatic carbocycles. The van der Waals surface area contributed by atoms with Crippen molar-refractivity contribution in [2.24, 2.45) is 0 Å². The molecule has 1 fully saturated rings. The van der Waals surface area contributed by atoms with Gasteiger partial charge in [-0.2, -0.15) is 18.3 Å². The van der Waals surface area contributed by atoms with Crippen LogP contribution in [0.25, 0.3) is 11.3 Å². The van der Waals surface area contributed by atoms with Gasteiger partial charge >= 0.3 is 6.18 Å². The zero-order valence-corrected chi connectivity index (χ0v) is 18.5. The number of nitrogens with zero attached hydrogens (tertiary/aromatic N) is 4. The fourth-order valence-electron chi connectivity index (χ4n) is 2.99. The molecule has 2 amide bonds. The summed E-state index contributed by atoms with van der Waals surface area (Å²) in [7, 11) is 0. The molecule has 158 valence electrons. The molecule has 1 aromatic heterocycles. The highest BCUT2D eigenvalue weighted by Crippen LogP contribution is 2.34. The third-order valence-corrected chi connectivity index (χ3v) is 6.24. The number of anilines is 1. The van der Waals surface area contributed by atoms with Crippen molar-refractivity contribution < 1.29 is 22.8 Å². The van der Waals surface area contributed by atoms with Gasteiger partial charge in [0.05, 0.1) is 23.1 Å². The van der Waals surface area contributed by atoms with Crippen LogP contribution in [0.1, 0.15) is 12.0 Å². The lowest BCUT2D eigenvalue weighted by Gasteiger charge is -2.14. The Kier molecular flexibility index (Phi) is 5.97. The topological polar surface area (TPSA) is 76.0 Å². The number of thioether (sulfide) groups is 1. The van der Waals surface area contributed by atoms with Crippen LogP contribution >= 0.6 is 34.4 Å². The molecule has 3 aromatic rings. The van der Waals surface area contributed by atoms with Crippen molar-refractivity contribution in [1.82, 2.24) is 15.2 Å². The summed E-state index contributed by atoms with van der Waals surface area (Å²) in [6.07, 6.45) is -3.11. The number of carbonyl (C=O) groups is 2. The minimum atomic E-state index is -4.43. The van der Waals surface area contributed by atoms with Crippen LogP contribution in [0.3, 0.4) is 0 Å². The summed E-state index contributed by atoms with van der Waals surface area (Å²) in [5.41, 5.74) is 0.478. The SMILES string of the molecule is O=C1CC(Sc2nncc(-c3ccc(C(F)(F)F)cc3)n2)C(=O)N1c1ccc(I)cc1. The maximum atomic E-state index is 12.8. The highest BCUT2D eigenvalue weighted by atomic mass is 127. The first-order valence-electron chi connectivity index (χ1n) is 8.89. The molecule has 0 saturated carbocycles. The molecule has 0 radical (unpaired) electrons. The van der Waals surface area contributed by atoms with E-state index in [4.69, 9.17) is 0 Å². The Labute approximate surface area is 192 Å². The van der Waals surface area contributed by atoms with Crippen molar-refractivity contribution in [3.63, 3.8) is 0 Å². The van der Waals surface area contributed by atoms with Crippen LogP contribution in [-0.4, -0.2) is 32.2 Å². The molecule has 0 aliphatic carbocycles. The number of aromatic nitrogens is 3. The van der Waals surface area contributed by atoms with Crippen LogP contribution in [0.4, 0.5) is 18.9 Å². The molecule has 0 N–H and O–H groups in total. The third kappa shape index (κ3) is 4.71. The fraction of sp³-hybridized carbons (Fsp3) is 0.150. The molecule has 31 heavy (non-hydrogen) atoms. The van der Waals surface area contributed by atoms with Crippen molar-refractivity contribution >= 4 is 51.9 Å². The Morgan fingerprint density at radius 2 is 1.71 bits per heavy atom. The van der Waals surface area contributed by atoms with Gasteiger partial charge in [0.1, 0.15) is 5.25 Å². The minimum absolute atomic E-state index is 0.0106. The second-order valence-corrected chi connectivity index (χ2v) is 8.97. The summed E-state index contributed by atoms with van der Waals surface area (Å²) in [5.74, 6) is -0.699. The molecule has 0 spiro atoms. The van der Waals surface area contributed by atoms with Crippen molar-refractivity contribution in [2.45, 2.75) is 23.0 Å². The van der Waals surface area contributed by atoms with E-state index in [0.717, 1.165) is 32.4 Å². The first kappa shape index (κ1) is 21.7. The average molecular weight is 556 g/mol. The summed E-state index contributed by atoms with van der Waals surface area (Å²) in [5, 5.41) is 7.18. The second-order valence-electron chi connectivity index (χ2n) is 6.55. The lowest BCUT2D eigenvalue weighted by atomic mass is 10.1. The Balaban J connectivity index is 1.52. The molecule has 4 rings (SSSR count). The standard InChI is InChI=1S/C20H12F3IN4O2S/c21-20(22,23)12-3-1-11(2-4-12)15-10-25-27-19(26-15)31-16-9-17(29)28(18(16)30)14-7-5-13(24)6-8-14/h1-8,10,16H,9H2. The Bertz CT molecular complexity index is 1140. The molecule has 1 aliphatic heterocycles. The third-order valence-electron chi connectivity index (χ3n) is 4.49. The first-order chi connectivity index (χ1) is 14.7. The van der Waals surface area contributed by atoms with Crippen LogP contribution in [0, 0.1) is 3.57 Å². The number of carbonyl (C=O) groups excluding carboxylic acids is 2. The molecular formula is C20H12F3IN4O2S. The van der Waals surface area contributed by atoms with Crippen molar-refractivity contribution in [3.05, 3.63) is 63.9 Å². The minimum Gasteiger partial charge on any atom is -0.274 e. The van der Waals surface area contributed by atoms with Crippen molar-refractivity contribution in [3.8, 4) is 11.3 Å². The van der Waals surface area contributed by atoms with Gasteiger partial charge in [0.2, 0.25) is 17.0 Å². The summed E-state index contributed by atoms with van der Waals surface area (Å²) >= 11 is 3.13. The number of imide groups is 1. The zero-order valence-electron chi connectivity index (χ0n) is 15.5. The van der Waals surface area contributed by atoms with Crippen LogP contribution in [0.15, 0.2) is 59.9 Å². The predicted octanol–water partition coefficient (Wildman–Crippen LogP) is 4.59. The van der Waals surface area contributed by atoms with E-state index in [1.54, 1.807) is 24.3 Å². The van der Waals surface area contributed by atoms with Gasteiger partial charge in [-0.25, -0.2) is 9.88 Å². The van der Waals surface area contributed by atoms with Crippen LogP contribution in [0.2, 0.25) is 0 Å². The van der Waals surface area contributed by atoms with E-state index in [-0.39, 0.29) is 23.4 Å². The maximum absolute atomic E-state index is 12.8. The number of rotatable bonds is 4. The molecular weight excluding hydrogens is 544 g/mol. The predicted molar refractivity (Wildman–Crippen MR) is 116 cm³/mol. The summed E-state index contributed by atoms with van der Waals surface area (Å²) in [4.78, 5) is 30.6. The number of amides is 2. The van der Waals surface area contributed by atoms with Gasteiger partial charge in [-0.3, -0.25) is 9.59 Å². The average Bonchev–Trinajstić information content (AvgIpc) is 3.01. The van der Waals surface area contributed by atoms with Gasteiger partial charge in [0.15, 0.2) is 0 Å². The smallest absolute Gasteiger partial charge is 0.274 e. The lowest BCUT2D eigenvalue weighted by Crippen LogP contribution is -2.31. The van der Waals surface area contributed by atoms with E-state index >= 15 is 0 Å². The summed E-state index contributed by atoms with van der Waals surface area (Å²) < 4.78 is 39.2. The molecule has 1 unspecified atom stereocenters. The van der Waals surface area contributed by atoms with E-state index < -0.39 is 17.0 Å². The zero-order chi connectivity index (χ0) is 22.2. The molecule has 1 atom stereocenters.